The van der Waals surface area contributed by atoms with Crippen LogP contribution < -0.4 is 0 Å². The van der Waals surface area contributed by atoms with Gasteiger partial charge < -0.3 is 4.11 Å². The standard InChI is InChI=1S/C6H12FNSi/c1-9(2,7)6-4-3-5-8/h3-4,6H2,1-2H3. The maximum atomic E-state index is 12.7. The monoisotopic (exact) mass is 145 g/mol. The third-order valence-electron chi connectivity index (χ3n) is 1.06. The zero-order valence-corrected chi connectivity index (χ0v) is 6.95. The van der Waals surface area contributed by atoms with Crippen molar-refractivity contribution in [3.05, 3.63) is 0 Å². The molecule has 0 amide bonds. The molecule has 0 aliphatic carbocycles. The van der Waals surface area contributed by atoms with Crippen LogP contribution in [0, 0.1) is 11.3 Å². The van der Waals surface area contributed by atoms with Crippen molar-refractivity contribution in [3.63, 3.8) is 0 Å². The third kappa shape index (κ3) is 7.64. The molecule has 9 heavy (non-hydrogen) atoms. The van der Waals surface area contributed by atoms with Crippen molar-refractivity contribution in [2.24, 2.45) is 0 Å². The van der Waals surface area contributed by atoms with Crippen molar-refractivity contribution < 1.29 is 4.11 Å². The number of nitriles is 1. The minimum absolute atomic E-state index is 0.500. The van der Waals surface area contributed by atoms with Gasteiger partial charge in [0.05, 0.1) is 6.07 Å². The van der Waals surface area contributed by atoms with Gasteiger partial charge in [0.25, 0.3) is 0 Å². The Bertz CT molecular complexity index is 111. The zero-order chi connectivity index (χ0) is 7.33. The minimum atomic E-state index is -2.35. The molecule has 0 unspecified atom stereocenters. The second-order valence-electron chi connectivity index (χ2n) is 2.73. The van der Waals surface area contributed by atoms with Crippen molar-refractivity contribution in [3.8, 4) is 6.07 Å². The van der Waals surface area contributed by atoms with E-state index in [1.807, 2.05) is 6.07 Å². The van der Waals surface area contributed by atoms with Crippen molar-refractivity contribution in [1.29, 1.82) is 5.26 Å². The predicted octanol–water partition coefficient (Wildman–Crippen LogP) is 2.46. The predicted molar refractivity (Wildman–Crippen MR) is 38.2 cm³/mol. The highest BCUT2D eigenvalue weighted by Gasteiger charge is 2.18. The molecule has 0 N–H and O–H groups in total. The van der Waals surface area contributed by atoms with E-state index in [0.29, 0.717) is 12.5 Å². The molecule has 0 saturated heterocycles. The van der Waals surface area contributed by atoms with Crippen LogP contribution in [0.5, 0.6) is 0 Å². The molecule has 0 bridgehead atoms. The van der Waals surface area contributed by atoms with Gasteiger partial charge in [-0.3, -0.25) is 0 Å². The van der Waals surface area contributed by atoms with Gasteiger partial charge in [-0.2, -0.15) is 5.26 Å². The molecule has 3 heteroatoms. The summed E-state index contributed by atoms with van der Waals surface area (Å²) in [4.78, 5) is 0. The van der Waals surface area contributed by atoms with Gasteiger partial charge in [0.2, 0.25) is 8.41 Å². The van der Waals surface area contributed by atoms with Crippen LogP contribution in [0.1, 0.15) is 12.8 Å². The molecule has 0 aliphatic heterocycles. The van der Waals surface area contributed by atoms with Crippen molar-refractivity contribution >= 4 is 8.41 Å². The van der Waals surface area contributed by atoms with Crippen molar-refractivity contribution in [2.75, 3.05) is 0 Å². The Morgan fingerprint density at radius 1 is 1.56 bits per heavy atom. The number of nitrogens with zero attached hydrogens (tertiary/aromatic N) is 1. The van der Waals surface area contributed by atoms with Crippen molar-refractivity contribution in [2.45, 2.75) is 32.0 Å². The topological polar surface area (TPSA) is 23.8 Å². The van der Waals surface area contributed by atoms with E-state index in [2.05, 4.69) is 0 Å². The Kier molecular flexibility index (Phi) is 3.48. The third-order valence-corrected chi connectivity index (χ3v) is 2.60. The average Bonchev–Trinajstić information content (AvgIpc) is 1.63. The largest absolute Gasteiger partial charge is 0.314 e. The zero-order valence-electron chi connectivity index (χ0n) is 5.95. The fourth-order valence-corrected chi connectivity index (χ4v) is 1.61. The first kappa shape index (κ1) is 8.64. The highest BCUT2D eigenvalue weighted by Crippen LogP contribution is 2.13. The molecule has 0 atom stereocenters. The van der Waals surface area contributed by atoms with Crippen LogP contribution in [-0.2, 0) is 0 Å². The van der Waals surface area contributed by atoms with Gasteiger partial charge in [0.1, 0.15) is 0 Å². The maximum absolute atomic E-state index is 12.7. The molecular formula is C6H12FNSi. The second-order valence-corrected chi connectivity index (χ2v) is 6.67. The molecule has 52 valence electrons. The molecule has 0 radical (unpaired) electrons. The van der Waals surface area contributed by atoms with Gasteiger partial charge in [0.15, 0.2) is 0 Å². The second kappa shape index (κ2) is 3.62. The summed E-state index contributed by atoms with van der Waals surface area (Å²) in [6, 6.07) is 2.62. The van der Waals surface area contributed by atoms with E-state index < -0.39 is 8.41 Å². The molecule has 0 spiro atoms. The minimum Gasteiger partial charge on any atom is -0.314 e. The Morgan fingerprint density at radius 2 is 2.11 bits per heavy atom. The SMILES string of the molecule is C[Si](C)(F)CCCC#N. The summed E-state index contributed by atoms with van der Waals surface area (Å²) < 4.78 is 12.7. The number of unbranched alkanes of at least 4 members (excludes halogenated alkanes) is 1. The van der Waals surface area contributed by atoms with Crippen molar-refractivity contribution in [1.82, 2.24) is 0 Å². The van der Waals surface area contributed by atoms with E-state index in [0.717, 1.165) is 6.42 Å². The summed E-state index contributed by atoms with van der Waals surface area (Å²) in [5, 5.41) is 8.11. The van der Waals surface area contributed by atoms with E-state index in [-0.39, 0.29) is 0 Å². The van der Waals surface area contributed by atoms with E-state index in [1.54, 1.807) is 13.1 Å². The van der Waals surface area contributed by atoms with E-state index in [4.69, 9.17) is 5.26 Å². The van der Waals surface area contributed by atoms with Gasteiger partial charge in [-0.05, 0) is 25.6 Å². The van der Waals surface area contributed by atoms with Crippen LogP contribution in [0.3, 0.4) is 0 Å². The van der Waals surface area contributed by atoms with Crippen LogP contribution in [-0.4, -0.2) is 8.41 Å². The highest BCUT2D eigenvalue weighted by atomic mass is 28.4. The molecule has 0 aromatic carbocycles. The van der Waals surface area contributed by atoms with E-state index in [1.165, 1.54) is 0 Å². The number of halogens is 1. The number of hydrogen-bond donors (Lipinski definition) is 0. The molecule has 1 nitrogen and oxygen atoms in total. The molecule has 0 heterocycles. The summed E-state index contributed by atoms with van der Waals surface area (Å²) in [5.41, 5.74) is 0. The summed E-state index contributed by atoms with van der Waals surface area (Å²) in [7, 11) is -2.35. The lowest BCUT2D eigenvalue weighted by atomic mass is 10.4. The molecular weight excluding hydrogens is 133 g/mol. The Morgan fingerprint density at radius 3 is 2.44 bits per heavy atom. The molecule has 0 aliphatic rings. The summed E-state index contributed by atoms with van der Waals surface area (Å²) in [5.74, 6) is 0. The summed E-state index contributed by atoms with van der Waals surface area (Å²) in [6.07, 6.45) is 1.23. The molecule has 0 aromatic rings. The molecule has 0 fully saturated rings. The Labute approximate surface area is 56.7 Å². The van der Waals surface area contributed by atoms with Crippen LogP contribution in [0.4, 0.5) is 4.11 Å². The van der Waals surface area contributed by atoms with Crippen LogP contribution in [0.15, 0.2) is 0 Å². The fraction of sp³-hybridized carbons (Fsp3) is 0.833. The molecule has 0 saturated carbocycles. The first-order chi connectivity index (χ1) is 4.06. The van der Waals surface area contributed by atoms with Gasteiger partial charge in [0, 0.05) is 6.42 Å². The molecule has 0 aromatic heterocycles. The van der Waals surface area contributed by atoms with Gasteiger partial charge in [-0.1, -0.05) is 0 Å². The summed E-state index contributed by atoms with van der Waals surface area (Å²) >= 11 is 0. The lowest BCUT2D eigenvalue weighted by Gasteiger charge is -2.07. The van der Waals surface area contributed by atoms with Gasteiger partial charge in [-0.25, -0.2) is 0 Å². The lowest BCUT2D eigenvalue weighted by molar-refractivity contribution is 0.764. The Hall–Kier alpha value is -0.363. The maximum Gasteiger partial charge on any atom is 0.241 e. The van der Waals surface area contributed by atoms with Crippen LogP contribution >= 0.6 is 0 Å². The fourth-order valence-electron chi connectivity index (χ4n) is 0.588. The lowest BCUT2D eigenvalue weighted by Crippen LogP contribution is -2.16. The smallest absolute Gasteiger partial charge is 0.241 e. The van der Waals surface area contributed by atoms with E-state index in [9.17, 15) is 4.11 Å². The number of hydrogen-bond acceptors (Lipinski definition) is 1. The van der Waals surface area contributed by atoms with Crippen LogP contribution in [0.25, 0.3) is 0 Å². The highest BCUT2D eigenvalue weighted by molar-refractivity contribution is 6.70. The Balaban J connectivity index is 3.20. The molecule has 0 rings (SSSR count). The van der Waals surface area contributed by atoms with Gasteiger partial charge >= 0.3 is 0 Å². The number of rotatable bonds is 3. The van der Waals surface area contributed by atoms with Gasteiger partial charge in [-0.15, -0.1) is 0 Å². The summed E-state index contributed by atoms with van der Waals surface area (Å²) in [6.45, 7) is 3.34. The van der Waals surface area contributed by atoms with Crippen LogP contribution in [0.2, 0.25) is 19.1 Å². The normalized spacial score (nSPS) is 10.9. The average molecular weight is 145 g/mol. The first-order valence-corrected chi connectivity index (χ1v) is 6.20. The van der Waals surface area contributed by atoms with E-state index >= 15 is 0 Å². The quantitative estimate of drug-likeness (QED) is 0.340. The first-order valence-electron chi connectivity index (χ1n) is 3.12.